The zero-order chi connectivity index (χ0) is 59.3. The van der Waals surface area contributed by atoms with Gasteiger partial charge in [0.25, 0.3) is 0 Å². The van der Waals surface area contributed by atoms with Crippen LogP contribution in [0.3, 0.4) is 0 Å². The number of amides is 13. The van der Waals surface area contributed by atoms with E-state index in [-0.39, 0.29) is 25.9 Å². The summed E-state index contributed by atoms with van der Waals surface area (Å²) in [7, 11) is 5.01. The minimum absolute atomic E-state index is 0.0213. The van der Waals surface area contributed by atoms with Crippen molar-refractivity contribution in [2.24, 2.45) is 0 Å². The molecule has 0 rings (SSSR count). The van der Waals surface area contributed by atoms with Gasteiger partial charge in [-0.25, -0.2) is 0 Å². The molecule has 0 bridgehead atoms. The molecule has 0 aliphatic carbocycles. The third-order valence-electron chi connectivity index (χ3n) is 9.21. The summed E-state index contributed by atoms with van der Waals surface area (Å²) in [6, 6.07) is 0. The summed E-state index contributed by atoms with van der Waals surface area (Å²) >= 11 is 0. The van der Waals surface area contributed by atoms with Gasteiger partial charge in [0.05, 0.1) is 51.5 Å². The number of carbonyl (C=O) groups excluding carboxylic acids is 14. The van der Waals surface area contributed by atoms with Crippen LogP contribution in [0.25, 0.3) is 0 Å². The quantitative estimate of drug-likeness (QED) is 0.0154. The van der Waals surface area contributed by atoms with E-state index in [2.05, 4.69) is 31.9 Å². The van der Waals surface area contributed by atoms with Crippen LogP contribution in [0.1, 0.15) is 25.7 Å². The lowest BCUT2D eigenvalue weighted by Gasteiger charge is -2.22. The molecule has 0 aliphatic heterocycles. The average Bonchev–Trinajstić information content (AvgIpc) is 3.34. The zero-order valence-corrected chi connectivity index (χ0v) is 41.4. The molecule has 0 fully saturated rings. The van der Waals surface area contributed by atoms with Crippen LogP contribution < -0.4 is 53.4 Å². The van der Waals surface area contributed by atoms with Crippen LogP contribution in [0.15, 0.2) is 0 Å². The van der Waals surface area contributed by atoms with Crippen molar-refractivity contribution in [3.05, 3.63) is 0 Å². The molecule has 78 heavy (non-hydrogen) atoms. The number of hydrogen-bond donors (Lipinski definition) is 14. The first-order valence-corrected chi connectivity index (χ1v) is 22.6. The second-order valence-corrected chi connectivity index (χ2v) is 15.7. The Bertz CT molecular complexity index is 2260. The monoisotopic (exact) mass is 1120 g/mol. The molecular weight excluding hydrogens is 1060 g/mol. The van der Waals surface area contributed by atoms with Crippen LogP contribution in [0, 0.1) is 0 Å². The molecule has 0 heterocycles. The number of nitrogens with one attached hydrogen (secondary N) is 10. The van der Waals surface area contributed by atoms with Gasteiger partial charge in [0.15, 0.2) is 7.85 Å². The first-order valence-electron chi connectivity index (χ1n) is 22.6. The highest BCUT2D eigenvalue weighted by Gasteiger charge is 2.25. The lowest BCUT2D eigenvalue weighted by Crippen LogP contribution is -2.50. The van der Waals surface area contributed by atoms with Crippen molar-refractivity contribution in [3.8, 4) is 0 Å². The van der Waals surface area contributed by atoms with E-state index in [0.717, 1.165) is 5.54 Å². The summed E-state index contributed by atoms with van der Waals surface area (Å²) < 4.78 is 12.0. The standard InChI is InChI=1S/C40H58BFN14O22/c41-23(57)3-1-2-4-24(58)45-7-25(59)48-13-35(69)55(21-39(75)76)17-31(65)46-8-26(60)49-11-33(67)53(19-37(71)72)15-29(63)43-5-6-44-30(64)16-54(20-38(73)74)34(68)12-50-27(61)9-47-32(66)18-56(22-40(77)78)36(70)14-51-28(62)10-52-42/h52H,1-22H2,(H,43,63)(H,44,64)(H,45,58)(H,46,65)(H,47,66)(H,48,59)(H,49,60)(H,50,61)(H,51,62)(H,71,72)(H,73,74)(H,75,76)(H,77,78). The minimum Gasteiger partial charge on any atom is -0.480 e. The van der Waals surface area contributed by atoms with Gasteiger partial charge in [-0.1, -0.05) is 0 Å². The molecule has 2 radical (unpaired) electrons. The Morgan fingerprint density at radius 1 is 0.308 bits per heavy atom. The summed E-state index contributed by atoms with van der Waals surface area (Å²) in [5.74, 6) is -19.2. The molecule has 0 saturated carbocycles. The second-order valence-electron chi connectivity index (χ2n) is 15.7. The fourth-order valence-corrected chi connectivity index (χ4v) is 5.57. The van der Waals surface area contributed by atoms with E-state index in [0.29, 0.717) is 32.4 Å². The molecule has 0 aromatic heterocycles. The summed E-state index contributed by atoms with van der Waals surface area (Å²) in [4.78, 5) is 218. The maximum atomic E-state index is 12.8. The van der Waals surface area contributed by atoms with Crippen molar-refractivity contribution < 1.29 is 111 Å². The summed E-state index contributed by atoms with van der Waals surface area (Å²) in [5, 5.41) is 55.8. The first kappa shape index (κ1) is 68.6. The Morgan fingerprint density at radius 2 is 0.551 bits per heavy atom. The first-order chi connectivity index (χ1) is 36.6. The van der Waals surface area contributed by atoms with E-state index in [4.69, 9.17) is 13.0 Å². The fourth-order valence-electron chi connectivity index (χ4n) is 5.57. The van der Waals surface area contributed by atoms with Gasteiger partial charge >= 0.3 is 23.9 Å². The van der Waals surface area contributed by atoms with Crippen molar-refractivity contribution >= 4 is 114 Å². The van der Waals surface area contributed by atoms with Gasteiger partial charge in [-0.3, -0.25) is 81.5 Å². The van der Waals surface area contributed by atoms with Gasteiger partial charge in [-0.05, 0) is 19.3 Å². The Morgan fingerprint density at radius 3 is 0.821 bits per heavy atom. The molecular formula is C40H58BFN14O22. The Hall–Kier alpha value is -9.39. The van der Waals surface area contributed by atoms with Gasteiger partial charge in [0.1, 0.15) is 58.9 Å². The Labute approximate surface area is 441 Å². The molecule has 38 heteroatoms. The van der Waals surface area contributed by atoms with E-state index in [1.165, 1.54) is 0 Å². The predicted octanol–water partition coefficient (Wildman–Crippen LogP) is -11.6. The van der Waals surface area contributed by atoms with Crippen molar-refractivity contribution in [2.45, 2.75) is 25.7 Å². The minimum atomic E-state index is -1.59. The predicted molar refractivity (Wildman–Crippen MR) is 252 cm³/mol. The zero-order valence-electron chi connectivity index (χ0n) is 41.4. The molecule has 0 atom stereocenters. The van der Waals surface area contributed by atoms with Crippen molar-refractivity contribution in [3.63, 3.8) is 0 Å². The van der Waals surface area contributed by atoms with Crippen molar-refractivity contribution in [2.75, 3.05) is 118 Å². The van der Waals surface area contributed by atoms with E-state index in [1.54, 1.807) is 0 Å². The molecule has 14 N–H and O–H groups in total. The van der Waals surface area contributed by atoms with Gasteiger partial charge < -0.3 is 92.7 Å². The van der Waals surface area contributed by atoms with Crippen LogP contribution in [-0.4, -0.2) is 272 Å². The smallest absolute Gasteiger partial charge is 0.323 e. The summed E-state index contributed by atoms with van der Waals surface area (Å²) in [5.41, 5.74) is 0.482. The van der Waals surface area contributed by atoms with E-state index in [1.807, 2.05) is 16.0 Å². The number of unbranched alkanes of at least 4 members (excludes halogenated alkanes) is 1. The molecule has 0 unspecified atom stereocenters. The number of carbonyl (C=O) groups is 18. The molecule has 36 nitrogen and oxygen atoms in total. The second kappa shape index (κ2) is 38.2. The van der Waals surface area contributed by atoms with Gasteiger partial charge in [0.2, 0.25) is 76.8 Å². The molecule has 0 aliphatic rings. The van der Waals surface area contributed by atoms with E-state index < -0.39 is 211 Å². The number of carboxylic acid groups (broad SMARTS) is 4. The van der Waals surface area contributed by atoms with Crippen molar-refractivity contribution in [1.29, 1.82) is 0 Å². The van der Waals surface area contributed by atoms with Crippen molar-refractivity contribution in [1.82, 2.24) is 73.0 Å². The molecule has 13 amide bonds. The largest absolute Gasteiger partial charge is 0.480 e. The average molecular weight is 1120 g/mol. The van der Waals surface area contributed by atoms with E-state index in [9.17, 15) is 106 Å². The van der Waals surface area contributed by atoms with Crippen LogP contribution in [0.5, 0.6) is 0 Å². The van der Waals surface area contributed by atoms with Crippen LogP contribution in [0.4, 0.5) is 4.48 Å². The van der Waals surface area contributed by atoms with Gasteiger partial charge in [0, 0.05) is 19.5 Å². The number of carboxylic acids is 4. The molecule has 430 valence electrons. The molecule has 0 spiro atoms. The topological polar surface area (TPSA) is 521 Å². The number of halogens is 1. The summed E-state index contributed by atoms with van der Waals surface area (Å²) in [6.07, 6.45) is 0.701. The lowest BCUT2D eigenvalue weighted by atomic mass is 9.97. The third-order valence-corrected chi connectivity index (χ3v) is 9.21. The number of aliphatic carboxylic acids is 4. The molecule has 0 aromatic rings. The summed E-state index contributed by atoms with van der Waals surface area (Å²) in [6.45, 7) is -15.1. The maximum absolute atomic E-state index is 12.8. The van der Waals surface area contributed by atoms with Crippen LogP contribution in [0.2, 0.25) is 0 Å². The van der Waals surface area contributed by atoms with Crippen LogP contribution >= 0.6 is 0 Å². The third kappa shape index (κ3) is 34.9. The molecule has 0 saturated heterocycles. The lowest BCUT2D eigenvalue weighted by molar-refractivity contribution is -0.146. The Kier molecular flexibility index (Phi) is 33.6. The van der Waals surface area contributed by atoms with Crippen LogP contribution in [-0.2, 0) is 86.3 Å². The number of hydrogen-bond acceptors (Lipinski definition) is 19. The maximum Gasteiger partial charge on any atom is 0.323 e. The highest BCUT2D eigenvalue weighted by molar-refractivity contribution is 6.57. The van der Waals surface area contributed by atoms with Gasteiger partial charge in [-0.15, -0.1) is 10.0 Å². The SMILES string of the molecule is [B]C(=O)CCCCC(=O)NCC(=O)NCC(=O)N(CC(=O)O)CC(=O)NCC(=O)NCC(=O)N(CC(=O)O)CC(=O)NCCNC(=O)CN(CC(=O)O)C(=O)CNC(=O)CNC(=O)CN(CC(=O)O)C(=O)CNC(=O)CNF. The number of nitrogens with zero attached hydrogens (tertiary/aromatic N) is 4. The number of rotatable bonds is 40. The highest BCUT2D eigenvalue weighted by atomic mass is 19.2. The van der Waals surface area contributed by atoms with E-state index >= 15 is 0 Å². The fraction of sp³-hybridized carbons (Fsp3) is 0.550. The molecule has 0 aromatic carbocycles. The normalized spacial score (nSPS) is 10.2. The van der Waals surface area contributed by atoms with Gasteiger partial charge in [-0.2, -0.15) is 0 Å². The Balaban J connectivity index is 4.99. The highest BCUT2D eigenvalue weighted by Crippen LogP contribution is 2.00.